The van der Waals surface area contributed by atoms with Gasteiger partial charge in [0.15, 0.2) is 11.5 Å². The molecule has 5 nitrogen and oxygen atoms in total. The maximum atomic E-state index is 12.4. The number of hydrogen-bond donors (Lipinski definition) is 1. The van der Waals surface area contributed by atoms with Crippen LogP contribution in [0.4, 0.5) is 5.00 Å². The van der Waals surface area contributed by atoms with Gasteiger partial charge in [0, 0.05) is 11.0 Å². The van der Waals surface area contributed by atoms with Crippen LogP contribution in [-0.2, 0) is 17.6 Å². The molecule has 1 aromatic heterocycles. The maximum Gasteiger partial charge on any atom is 0.249 e. The van der Waals surface area contributed by atoms with Gasteiger partial charge in [-0.15, -0.1) is 11.3 Å². The zero-order valence-corrected chi connectivity index (χ0v) is 15.9. The normalized spacial score (nSPS) is 17.6. The van der Waals surface area contributed by atoms with Crippen molar-refractivity contribution in [3.8, 4) is 17.6 Å². The van der Waals surface area contributed by atoms with Crippen molar-refractivity contribution in [1.29, 1.82) is 5.26 Å². The summed E-state index contributed by atoms with van der Waals surface area (Å²) in [7, 11) is 0. The number of fused-ring (bicyclic) bond motifs is 2. The Kier molecular flexibility index (Phi) is 4.87. The van der Waals surface area contributed by atoms with E-state index in [1.807, 2.05) is 18.2 Å². The van der Waals surface area contributed by atoms with E-state index in [-0.39, 0.29) is 12.7 Å². The summed E-state index contributed by atoms with van der Waals surface area (Å²) in [6.45, 7) is 2.43. The number of carbonyl (C=O) groups excluding carboxylic acids is 1. The van der Waals surface area contributed by atoms with E-state index in [0.29, 0.717) is 28.0 Å². The second-order valence-electron chi connectivity index (χ2n) is 6.77. The number of nitrogens with one attached hydrogen (secondary N) is 1. The van der Waals surface area contributed by atoms with Gasteiger partial charge < -0.3 is 14.8 Å². The van der Waals surface area contributed by atoms with Crippen molar-refractivity contribution in [2.75, 3.05) is 12.1 Å². The summed E-state index contributed by atoms with van der Waals surface area (Å²) in [5.41, 5.74) is 2.61. The van der Waals surface area contributed by atoms with E-state index in [4.69, 9.17) is 9.47 Å². The molecule has 1 aliphatic carbocycles. The van der Waals surface area contributed by atoms with Crippen LogP contribution in [0.25, 0.3) is 6.08 Å². The van der Waals surface area contributed by atoms with E-state index >= 15 is 0 Å². The molecule has 0 saturated carbocycles. The van der Waals surface area contributed by atoms with Gasteiger partial charge in [-0.05, 0) is 54.5 Å². The molecule has 1 aliphatic heterocycles. The first-order valence-corrected chi connectivity index (χ1v) is 9.93. The van der Waals surface area contributed by atoms with Gasteiger partial charge in [0.2, 0.25) is 12.7 Å². The topological polar surface area (TPSA) is 71.3 Å². The number of carbonyl (C=O) groups is 1. The van der Waals surface area contributed by atoms with E-state index in [9.17, 15) is 10.1 Å². The van der Waals surface area contributed by atoms with Gasteiger partial charge in [-0.1, -0.05) is 19.4 Å². The quantitative estimate of drug-likeness (QED) is 0.792. The number of thiophene rings is 1. The number of anilines is 1. The first-order valence-electron chi connectivity index (χ1n) is 9.11. The van der Waals surface area contributed by atoms with Crippen LogP contribution in [0.3, 0.4) is 0 Å². The van der Waals surface area contributed by atoms with Crippen molar-refractivity contribution in [1.82, 2.24) is 0 Å². The lowest BCUT2D eigenvalue weighted by atomic mass is 9.86. The second-order valence-corrected chi connectivity index (χ2v) is 7.88. The number of benzene rings is 1. The molecule has 2 aromatic rings. The molecule has 138 valence electrons. The molecule has 2 aliphatic rings. The molecule has 27 heavy (non-hydrogen) atoms. The highest BCUT2D eigenvalue weighted by molar-refractivity contribution is 7.16. The Balaban J connectivity index is 1.48. The highest BCUT2D eigenvalue weighted by Crippen LogP contribution is 2.40. The zero-order chi connectivity index (χ0) is 18.8. The molecule has 0 spiro atoms. The molecule has 0 bridgehead atoms. The highest BCUT2D eigenvalue weighted by atomic mass is 32.1. The van der Waals surface area contributed by atoms with Gasteiger partial charge in [-0.3, -0.25) is 4.79 Å². The van der Waals surface area contributed by atoms with Crippen LogP contribution in [0.2, 0.25) is 0 Å². The van der Waals surface area contributed by atoms with Crippen molar-refractivity contribution >= 4 is 28.3 Å². The van der Waals surface area contributed by atoms with Crippen molar-refractivity contribution in [2.45, 2.75) is 32.6 Å². The van der Waals surface area contributed by atoms with Crippen LogP contribution in [0.15, 0.2) is 24.3 Å². The van der Waals surface area contributed by atoms with E-state index in [1.165, 1.54) is 11.0 Å². The second kappa shape index (κ2) is 7.45. The Morgan fingerprint density at radius 2 is 2.26 bits per heavy atom. The third kappa shape index (κ3) is 3.56. The number of amides is 1. The first-order chi connectivity index (χ1) is 13.2. The van der Waals surface area contributed by atoms with Crippen molar-refractivity contribution in [3.05, 3.63) is 45.8 Å². The molecule has 6 heteroatoms. The SMILES string of the molecule is CC[C@H]1CCc2c(sc(NC(=O)/C=C/c3ccc4c(c3)OCO4)c2C#N)C1. The van der Waals surface area contributed by atoms with E-state index in [1.54, 1.807) is 17.4 Å². The fourth-order valence-corrected chi connectivity index (χ4v) is 4.87. The fourth-order valence-electron chi connectivity index (χ4n) is 3.55. The lowest BCUT2D eigenvalue weighted by molar-refractivity contribution is -0.111. The Bertz CT molecular complexity index is 955. The molecule has 4 rings (SSSR count). The van der Waals surface area contributed by atoms with Gasteiger partial charge in [0.05, 0.1) is 5.56 Å². The molecule has 1 N–H and O–H groups in total. The predicted molar refractivity (Wildman–Crippen MR) is 105 cm³/mol. The van der Waals surface area contributed by atoms with Crippen molar-refractivity contribution < 1.29 is 14.3 Å². The minimum absolute atomic E-state index is 0.224. The number of nitriles is 1. The highest BCUT2D eigenvalue weighted by Gasteiger charge is 2.25. The average Bonchev–Trinajstić information content (AvgIpc) is 3.28. The molecule has 0 radical (unpaired) electrons. The molecule has 1 aromatic carbocycles. The molecular weight excluding hydrogens is 360 g/mol. The summed E-state index contributed by atoms with van der Waals surface area (Å²) >= 11 is 1.55. The number of ether oxygens (including phenoxy) is 2. The number of hydrogen-bond acceptors (Lipinski definition) is 5. The summed E-state index contributed by atoms with van der Waals surface area (Å²) in [6.07, 6.45) is 7.41. The smallest absolute Gasteiger partial charge is 0.249 e. The lowest BCUT2D eigenvalue weighted by Gasteiger charge is -2.20. The van der Waals surface area contributed by atoms with Crippen LogP contribution < -0.4 is 14.8 Å². The van der Waals surface area contributed by atoms with Crippen LogP contribution in [0.1, 0.15) is 41.3 Å². The number of rotatable bonds is 4. The van der Waals surface area contributed by atoms with Crippen LogP contribution in [-0.4, -0.2) is 12.7 Å². The Morgan fingerprint density at radius 3 is 3.07 bits per heavy atom. The molecular formula is C21H20N2O3S. The Morgan fingerprint density at radius 1 is 1.41 bits per heavy atom. The minimum atomic E-state index is -0.241. The Hall–Kier alpha value is -2.78. The van der Waals surface area contributed by atoms with Crippen LogP contribution in [0, 0.1) is 17.2 Å². The van der Waals surface area contributed by atoms with Crippen molar-refractivity contribution in [3.63, 3.8) is 0 Å². The molecule has 0 saturated heterocycles. The van der Waals surface area contributed by atoms with Gasteiger partial charge in [0.1, 0.15) is 11.1 Å². The summed E-state index contributed by atoms with van der Waals surface area (Å²) in [4.78, 5) is 13.6. The van der Waals surface area contributed by atoms with Crippen molar-refractivity contribution in [2.24, 2.45) is 5.92 Å². The molecule has 2 heterocycles. The first kappa shape index (κ1) is 17.6. The monoisotopic (exact) mass is 380 g/mol. The van der Waals surface area contributed by atoms with Gasteiger partial charge in [-0.25, -0.2) is 0 Å². The standard InChI is InChI=1S/C21H20N2O3S/c1-2-13-3-6-15-16(11-22)21(27-19(15)10-13)23-20(24)8-5-14-4-7-17-18(9-14)26-12-25-17/h4-5,7-9,13H,2-3,6,10,12H2,1H3,(H,23,24)/b8-5+/t13-/m0/s1. The van der Waals surface area contributed by atoms with Gasteiger partial charge in [-0.2, -0.15) is 5.26 Å². The number of nitrogens with zero attached hydrogens (tertiary/aromatic N) is 1. The summed E-state index contributed by atoms with van der Waals surface area (Å²) in [5.74, 6) is 1.83. The molecule has 0 fully saturated rings. The van der Waals surface area contributed by atoms with Gasteiger partial charge >= 0.3 is 0 Å². The minimum Gasteiger partial charge on any atom is -0.454 e. The summed E-state index contributed by atoms with van der Waals surface area (Å²) in [6, 6.07) is 7.81. The molecule has 1 atom stereocenters. The molecule has 0 unspecified atom stereocenters. The van der Waals surface area contributed by atoms with Crippen LogP contribution >= 0.6 is 11.3 Å². The average molecular weight is 380 g/mol. The van der Waals surface area contributed by atoms with Gasteiger partial charge in [0.25, 0.3) is 0 Å². The largest absolute Gasteiger partial charge is 0.454 e. The summed E-state index contributed by atoms with van der Waals surface area (Å²) in [5, 5.41) is 13.1. The van der Waals surface area contributed by atoms with E-state index in [0.717, 1.165) is 36.8 Å². The maximum absolute atomic E-state index is 12.4. The lowest BCUT2D eigenvalue weighted by Crippen LogP contribution is -2.12. The molecule has 1 amide bonds. The third-order valence-corrected chi connectivity index (χ3v) is 6.29. The summed E-state index contributed by atoms with van der Waals surface area (Å²) < 4.78 is 10.6. The predicted octanol–water partition coefficient (Wildman–Crippen LogP) is 4.52. The fraction of sp³-hybridized carbons (Fsp3) is 0.333. The van der Waals surface area contributed by atoms with E-state index in [2.05, 4.69) is 18.3 Å². The zero-order valence-electron chi connectivity index (χ0n) is 15.1. The van der Waals surface area contributed by atoms with Crippen LogP contribution in [0.5, 0.6) is 11.5 Å². The Labute approximate surface area is 162 Å². The third-order valence-electron chi connectivity index (χ3n) is 5.12. The van der Waals surface area contributed by atoms with E-state index < -0.39 is 0 Å².